The monoisotopic (exact) mass is 1380 g/mol. The van der Waals surface area contributed by atoms with Gasteiger partial charge in [0.15, 0.2) is 0 Å². The largest absolute Gasteiger partial charge is 0.311 e. The summed E-state index contributed by atoms with van der Waals surface area (Å²) in [6, 6.07) is 146. The smallest absolute Gasteiger partial charge is 0.252 e. The second kappa shape index (κ2) is 20.8. The molecule has 0 fully saturated rings. The fourth-order valence-electron chi connectivity index (χ4n) is 22.9. The zero-order valence-corrected chi connectivity index (χ0v) is 59.2. The van der Waals surface area contributed by atoms with Gasteiger partial charge in [-0.05, 0) is 198 Å². The van der Waals surface area contributed by atoms with Gasteiger partial charge in [-0.25, -0.2) is 0 Å². The Morgan fingerprint density at radius 1 is 0.220 bits per heavy atom. The molecule has 0 unspecified atom stereocenters. The van der Waals surface area contributed by atoms with Crippen LogP contribution in [0.3, 0.4) is 0 Å². The van der Waals surface area contributed by atoms with Crippen molar-refractivity contribution in [3.05, 3.63) is 443 Å². The minimum absolute atomic E-state index is 0.336. The van der Waals surface area contributed by atoms with Gasteiger partial charge < -0.3 is 14.4 Å². The lowest BCUT2D eigenvalue weighted by molar-refractivity contribution is 0.786. The molecule has 3 spiro atoms. The second-order valence-electron chi connectivity index (χ2n) is 31.0. The Morgan fingerprint density at radius 2 is 0.606 bits per heavy atom. The highest BCUT2D eigenvalue weighted by atomic mass is 15.2. The van der Waals surface area contributed by atoms with E-state index in [0.29, 0.717) is 0 Å². The first-order valence-corrected chi connectivity index (χ1v) is 38.4. The summed E-state index contributed by atoms with van der Waals surface area (Å²) < 4.78 is 2.58. The first-order chi connectivity index (χ1) is 54.1. The molecule has 1 aromatic heterocycles. The van der Waals surface area contributed by atoms with Crippen molar-refractivity contribution in [2.45, 2.75) is 16.2 Å². The van der Waals surface area contributed by atoms with Crippen LogP contribution in [0, 0.1) is 0 Å². The summed E-state index contributed by atoms with van der Waals surface area (Å²) >= 11 is 0. The number of anilines is 6. The second-order valence-corrected chi connectivity index (χ2v) is 31.0. The van der Waals surface area contributed by atoms with Gasteiger partial charge in [0, 0.05) is 50.3 Å². The normalized spacial score (nSPS) is 15.0. The molecule has 2 aliphatic heterocycles. The summed E-state index contributed by atoms with van der Waals surface area (Å²) in [7, 11) is 0. The van der Waals surface area contributed by atoms with E-state index in [2.05, 4.69) is 390 Å². The third-order valence-electron chi connectivity index (χ3n) is 26.6. The third kappa shape index (κ3) is 6.88. The van der Waals surface area contributed by atoms with Crippen molar-refractivity contribution < 1.29 is 0 Å². The van der Waals surface area contributed by atoms with Gasteiger partial charge in [-0.1, -0.05) is 328 Å². The molecule has 500 valence electrons. The molecule has 8 aliphatic rings. The van der Waals surface area contributed by atoms with Crippen LogP contribution in [0.25, 0.3) is 105 Å². The maximum atomic E-state index is 2.89. The number of benzene rings is 17. The van der Waals surface area contributed by atoms with Crippen LogP contribution in [0.1, 0.15) is 66.8 Å². The molecule has 0 saturated carbocycles. The molecule has 0 amide bonds. The van der Waals surface area contributed by atoms with E-state index in [0.717, 1.165) is 39.5 Å². The highest BCUT2D eigenvalue weighted by molar-refractivity contribution is 7.01. The van der Waals surface area contributed by atoms with E-state index in [1.807, 2.05) is 0 Å². The van der Waals surface area contributed by atoms with Gasteiger partial charge in [0.2, 0.25) is 0 Å². The molecule has 3 nitrogen and oxygen atoms in total. The molecular weight excluding hydrogens is 1310 g/mol. The molecule has 0 atom stereocenters. The number of hydrogen-bond acceptors (Lipinski definition) is 2. The van der Waals surface area contributed by atoms with Crippen LogP contribution in [-0.2, 0) is 16.2 Å². The highest BCUT2D eigenvalue weighted by Crippen LogP contribution is 2.70. The molecule has 17 aromatic carbocycles. The number of nitrogens with zero attached hydrogens (tertiary/aromatic N) is 3. The minimum Gasteiger partial charge on any atom is -0.311 e. The van der Waals surface area contributed by atoms with Crippen molar-refractivity contribution in [2.24, 2.45) is 0 Å². The van der Waals surface area contributed by atoms with E-state index < -0.39 is 16.2 Å². The number of para-hydroxylation sites is 2. The average molecular weight is 1380 g/mol. The molecular formula is C105H62BN3. The van der Waals surface area contributed by atoms with E-state index >= 15 is 0 Å². The van der Waals surface area contributed by atoms with Crippen LogP contribution in [0.2, 0.25) is 0 Å². The predicted octanol–water partition coefficient (Wildman–Crippen LogP) is 23.6. The molecule has 0 N–H and O–H groups in total. The summed E-state index contributed by atoms with van der Waals surface area (Å²) in [5.41, 5.74) is 45.5. The van der Waals surface area contributed by atoms with Gasteiger partial charge in [-0.15, -0.1) is 0 Å². The van der Waals surface area contributed by atoms with Crippen LogP contribution >= 0.6 is 0 Å². The quantitative estimate of drug-likeness (QED) is 0.163. The lowest BCUT2D eigenvalue weighted by atomic mass is 9.32. The molecule has 18 aromatic rings. The van der Waals surface area contributed by atoms with Crippen molar-refractivity contribution >= 4 is 79.0 Å². The lowest BCUT2D eigenvalue weighted by Crippen LogP contribution is -2.62. The van der Waals surface area contributed by atoms with Crippen LogP contribution < -0.4 is 26.2 Å². The maximum absolute atomic E-state index is 2.89. The minimum atomic E-state index is -0.769. The van der Waals surface area contributed by atoms with Gasteiger partial charge in [0.1, 0.15) is 0 Å². The third-order valence-corrected chi connectivity index (χ3v) is 26.6. The Morgan fingerprint density at radius 3 is 1.11 bits per heavy atom. The molecule has 0 bridgehead atoms. The van der Waals surface area contributed by atoms with Crippen molar-refractivity contribution in [1.29, 1.82) is 0 Å². The standard InChI is InChI=1S/C105H62BN3/c1-2-27-63(28-3-1)64-53-55-65(56-54-64)107-94-60-58-89-97(79-39-12-23-49-88(79)103(89)80-41-15-4-29-67(80)68-30-5-16-42-81(68)103)101(94)106-90-59-57-78-74-36-11-22-48-87(74)105(84-45-19-8-33-71(84)72-34-9-20-46-85(72)105)99(78)102(90)109(96-62-66(61-95(107)100(96)106)108-91-50-24-13-37-75(91)76-38-14-25-51-92(76)108)93-52-26-40-77-73-35-10-21-47-86(73)104(98(77)93)82-43-17-6-31-69(82)70-32-7-18-44-83(70)104/h1-62H. The summed E-state index contributed by atoms with van der Waals surface area (Å²) in [5, 5.41) is 2.44. The summed E-state index contributed by atoms with van der Waals surface area (Å²) in [5.74, 6) is 0. The fraction of sp³-hybridized carbons (Fsp3) is 0.0286. The molecule has 0 saturated heterocycles. The van der Waals surface area contributed by atoms with Crippen LogP contribution in [0.15, 0.2) is 376 Å². The molecule has 3 heterocycles. The number of rotatable bonds is 4. The zero-order valence-electron chi connectivity index (χ0n) is 59.2. The van der Waals surface area contributed by atoms with Gasteiger partial charge in [0.25, 0.3) is 6.71 Å². The van der Waals surface area contributed by atoms with Gasteiger partial charge in [-0.2, -0.15) is 0 Å². The Labute approximate surface area is 631 Å². The van der Waals surface area contributed by atoms with Gasteiger partial charge >= 0.3 is 0 Å². The Kier molecular flexibility index (Phi) is 11.2. The van der Waals surface area contributed by atoms with Crippen molar-refractivity contribution in [2.75, 3.05) is 9.80 Å². The van der Waals surface area contributed by atoms with Gasteiger partial charge in [-0.3, -0.25) is 0 Å². The first kappa shape index (κ1) is 58.5. The van der Waals surface area contributed by atoms with E-state index in [4.69, 9.17) is 0 Å². The van der Waals surface area contributed by atoms with Crippen LogP contribution in [0.4, 0.5) is 34.1 Å². The number of hydrogen-bond donors (Lipinski definition) is 0. The van der Waals surface area contributed by atoms with Crippen LogP contribution in [-0.4, -0.2) is 11.3 Å². The lowest BCUT2D eigenvalue weighted by Gasteiger charge is -2.48. The fourth-order valence-corrected chi connectivity index (χ4v) is 22.9. The first-order valence-electron chi connectivity index (χ1n) is 38.4. The summed E-state index contributed by atoms with van der Waals surface area (Å²) in [4.78, 5) is 5.58. The predicted molar refractivity (Wildman–Crippen MR) is 449 cm³/mol. The summed E-state index contributed by atoms with van der Waals surface area (Å²) in [6.45, 7) is -0.336. The number of aromatic nitrogens is 1. The molecule has 26 rings (SSSR count). The van der Waals surface area contributed by atoms with Crippen LogP contribution in [0.5, 0.6) is 0 Å². The van der Waals surface area contributed by atoms with Crippen molar-refractivity contribution in [1.82, 2.24) is 4.57 Å². The zero-order chi connectivity index (χ0) is 70.7. The van der Waals surface area contributed by atoms with E-state index in [1.54, 1.807) is 0 Å². The average Bonchev–Trinajstić information content (AvgIpc) is 1.53. The molecule has 109 heavy (non-hydrogen) atoms. The SMILES string of the molecule is c1ccc(-c2ccc(N3c4cc(-n5c6ccccc6c6ccccc65)cc5c4B(c4ccc6c(c4N5c4cccc5c4C4(c7ccccc7-c7ccccc74)c4ccccc4-5)C4(c5ccccc5-c5ccccc54)c4ccccc4-6)c4c3ccc3c4-c4ccccc4C34c3ccccc3-c3ccccc34)cc2)cc1. The van der Waals surface area contributed by atoms with Crippen molar-refractivity contribution in [3.8, 4) is 83.6 Å². The van der Waals surface area contributed by atoms with Crippen molar-refractivity contribution in [3.63, 3.8) is 0 Å². The van der Waals surface area contributed by atoms with Gasteiger partial charge in [0.05, 0.1) is 38.7 Å². The summed E-state index contributed by atoms with van der Waals surface area (Å²) in [6.07, 6.45) is 0. The molecule has 4 heteroatoms. The van der Waals surface area contributed by atoms with E-state index in [1.165, 1.54) is 183 Å². The Balaban J connectivity index is 0.884. The molecule has 6 aliphatic carbocycles. The van der Waals surface area contributed by atoms with E-state index in [9.17, 15) is 0 Å². The topological polar surface area (TPSA) is 11.4 Å². The van der Waals surface area contributed by atoms with E-state index in [-0.39, 0.29) is 6.71 Å². The maximum Gasteiger partial charge on any atom is 0.252 e. The molecule has 0 radical (unpaired) electrons. The Hall–Kier alpha value is -13.8. The number of fused-ring (bicyclic) bond motifs is 39. The Bertz CT molecular complexity index is 6930. The highest BCUT2D eigenvalue weighted by Gasteiger charge is 2.60.